The number of hydrogen-bond acceptors (Lipinski definition) is 5. The Morgan fingerprint density at radius 3 is 2.80 bits per heavy atom. The van der Waals surface area contributed by atoms with E-state index in [0.29, 0.717) is 23.0 Å². The molecular formula is C17H21N3O4S. The third kappa shape index (κ3) is 4.54. The minimum atomic E-state index is -0.492. The number of methoxy groups -OCH3 is 1. The number of hydrogen-bond donors (Lipinski definition) is 2. The summed E-state index contributed by atoms with van der Waals surface area (Å²) < 4.78 is 6.23. The summed E-state index contributed by atoms with van der Waals surface area (Å²) in [6.07, 6.45) is 2.10. The van der Waals surface area contributed by atoms with Gasteiger partial charge in [-0.25, -0.2) is 4.79 Å². The molecule has 0 aliphatic carbocycles. The number of aromatic nitrogens is 2. The van der Waals surface area contributed by atoms with Crippen molar-refractivity contribution in [2.24, 2.45) is 0 Å². The first-order valence-electron chi connectivity index (χ1n) is 8.09. The van der Waals surface area contributed by atoms with Gasteiger partial charge in [0, 0.05) is 19.5 Å². The Kier molecular flexibility index (Phi) is 6.46. The predicted molar refractivity (Wildman–Crippen MR) is 97.3 cm³/mol. The summed E-state index contributed by atoms with van der Waals surface area (Å²) >= 11 is 5.22. The summed E-state index contributed by atoms with van der Waals surface area (Å²) in [5, 5.41) is 3.20. The average molecular weight is 363 g/mol. The molecule has 1 aromatic heterocycles. The highest BCUT2D eigenvalue weighted by atomic mass is 32.1. The van der Waals surface area contributed by atoms with Crippen LogP contribution in [0.1, 0.15) is 36.5 Å². The Morgan fingerprint density at radius 1 is 1.36 bits per heavy atom. The fraction of sp³-hybridized carbons (Fsp3) is 0.412. The Balaban J connectivity index is 2.24. The van der Waals surface area contributed by atoms with Crippen molar-refractivity contribution in [2.75, 3.05) is 13.7 Å². The first kappa shape index (κ1) is 18.9. The van der Waals surface area contributed by atoms with Gasteiger partial charge in [0.1, 0.15) is 0 Å². The molecule has 2 rings (SSSR count). The molecule has 0 atom stereocenters. The number of carbonyl (C=O) groups is 2. The van der Waals surface area contributed by atoms with Gasteiger partial charge in [0.05, 0.1) is 23.6 Å². The SMILES string of the molecule is CCCCNC(=O)CCn1c(=S)[nH]c2cc(C(=O)OC)ccc2c1=O. The standard InChI is InChI=1S/C17H21N3O4S/c1-3-4-8-18-14(21)7-9-20-15(22)12-6-5-11(16(23)24-2)10-13(12)19-17(20)25/h5-6,10H,3-4,7-9H2,1-2H3,(H,18,21)(H,19,25). The summed E-state index contributed by atoms with van der Waals surface area (Å²) in [5.41, 5.74) is 0.492. The van der Waals surface area contributed by atoms with Gasteiger partial charge in [-0.3, -0.25) is 14.2 Å². The maximum Gasteiger partial charge on any atom is 0.337 e. The molecule has 8 heteroatoms. The van der Waals surface area contributed by atoms with Crippen molar-refractivity contribution in [1.82, 2.24) is 14.9 Å². The van der Waals surface area contributed by atoms with Gasteiger partial charge in [-0.15, -0.1) is 0 Å². The van der Waals surface area contributed by atoms with Gasteiger partial charge in [0.2, 0.25) is 5.91 Å². The van der Waals surface area contributed by atoms with E-state index in [1.165, 1.54) is 23.8 Å². The zero-order chi connectivity index (χ0) is 18.4. The van der Waals surface area contributed by atoms with Crippen LogP contribution in [0.5, 0.6) is 0 Å². The highest BCUT2D eigenvalue weighted by Gasteiger charge is 2.11. The Bertz CT molecular complexity index is 901. The second-order valence-corrected chi connectivity index (χ2v) is 5.98. The molecule has 0 saturated carbocycles. The smallest absolute Gasteiger partial charge is 0.337 e. The summed E-state index contributed by atoms with van der Waals surface area (Å²) in [4.78, 5) is 38.9. The number of aromatic amines is 1. The van der Waals surface area contributed by atoms with Crippen LogP contribution >= 0.6 is 12.2 Å². The Morgan fingerprint density at radius 2 is 2.12 bits per heavy atom. The number of nitrogens with zero attached hydrogens (tertiary/aromatic N) is 1. The van der Waals surface area contributed by atoms with E-state index in [-0.39, 0.29) is 29.2 Å². The highest BCUT2D eigenvalue weighted by Crippen LogP contribution is 2.11. The van der Waals surface area contributed by atoms with E-state index in [9.17, 15) is 14.4 Å². The largest absolute Gasteiger partial charge is 0.465 e. The molecule has 1 aromatic carbocycles. The molecule has 134 valence electrons. The van der Waals surface area contributed by atoms with Crippen LogP contribution in [0.25, 0.3) is 10.9 Å². The van der Waals surface area contributed by atoms with E-state index in [1.54, 1.807) is 6.07 Å². The summed E-state index contributed by atoms with van der Waals surface area (Å²) in [7, 11) is 1.29. The van der Waals surface area contributed by atoms with E-state index >= 15 is 0 Å². The van der Waals surface area contributed by atoms with Crippen molar-refractivity contribution in [3.8, 4) is 0 Å². The zero-order valence-corrected chi connectivity index (χ0v) is 15.1. The third-order valence-corrected chi connectivity index (χ3v) is 4.14. The lowest BCUT2D eigenvalue weighted by molar-refractivity contribution is -0.121. The molecule has 0 aliphatic heterocycles. The number of fused-ring (bicyclic) bond motifs is 1. The molecule has 1 amide bonds. The first-order valence-corrected chi connectivity index (χ1v) is 8.50. The van der Waals surface area contributed by atoms with Gasteiger partial charge in [-0.2, -0.15) is 0 Å². The predicted octanol–water partition coefficient (Wildman–Crippen LogP) is 2.15. The van der Waals surface area contributed by atoms with Gasteiger partial charge in [0.25, 0.3) is 5.56 Å². The van der Waals surface area contributed by atoms with Crippen LogP contribution in [0.3, 0.4) is 0 Å². The number of ether oxygens (including phenoxy) is 1. The number of esters is 1. The monoisotopic (exact) mass is 363 g/mol. The van der Waals surface area contributed by atoms with Gasteiger partial charge in [-0.05, 0) is 36.8 Å². The van der Waals surface area contributed by atoms with Crippen molar-refractivity contribution < 1.29 is 14.3 Å². The van der Waals surface area contributed by atoms with Crippen LogP contribution < -0.4 is 10.9 Å². The van der Waals surface area contributed by atoms with Crippen molar-refractivity contribution in [2.45, 2.75) is 32.7 Å². The molecule has 0 saturated heterocycles. The van der Waals surface area contributed by atoms with E-state index in [4.69, 9.17) is 12.2 Å². The van der Waals surface area contributed by atoms with E-state index in [0.717, 1.165) is 12.8 Å². The van der Waals surface area contributed by atoms with Crippen LogP contribution in [0.4, 0.5) is 0 Å². The topological polar surface area (TPSA) is 93.2 Å². The van der Waals surface area contributed by atoms with Gasteiger partial charge in [-0.1, -0.05) is 13.3 Å². The summed E-state index contributed by atoms with van der Waals surface area (Å²) in [6.45, 7) is 2.87. The van der Waals surface area contributed by atoms with Gasteiger partial charge in [0.15, 0.2) is 4.77 Å². The van der Waals surface area contributed by atoms with Crippen LogP contribution in [-0.2, 0) is 16.1 Å². The summed E-state index contributed by atoms with van der Waals surface area (Å²) in [5.74, 6) is -0.606. The quantitative estimate of drug-likeness (QED) is 0.447. The van der Waals surface area contributed by atoms with Crippen LogP contribution in [0, 0.1) is 4.77 Å². The maximum absolute atomic E-state index is 12.6. The molecule has 25 heavy (non-hydrogen) atoms. The lowest BCUT2D eigenvalue weighted by Gasteiger charge is -2.09. The molecule has 7 nitrogen and oxygen atoms in total. The first-order chi connectivity index (χ1) is 12.0. The molecule has 2 aromatic rings. The minimum absolute atomic E-state index is 0.115. The molecule has 0 fully saturated rings. The van der Waals surface area contributed by atoms with Crippen molar-refractivity contribution in [3.63, 3.8) is 0 Å². The van der Waals surface area contributed by atoms with Crippen molar-refractivity contribution in [3.05, 3.63) is 38.9 Å². The van der Waals surface area contributed by atoms with Crippen molar-refractivity contribution in [1.29, 1.82) is 0 Å². The van der Waals surface area contributed by atoms with E-state index < -0.39 is 5.97 Å². The third-order valence-electron chi connectivity index (χ3n) is 3.82. The van der Waals surface area contributed by atoms with Crippen LogP contribution in [-0.4, -0.2) is 35.1 Å². The van der Waals surface area contributed by atoms with E-state index in [1.807, 2.05) is 6.92 Å². The fourth-order valence-corrected chi connectivity index (χ4v) is 2.69. The number of carbonyl (C=O) groups excluding carboxylic acids is 2. The van der Waals surface area contributed by atoms with Crippen LogP contribution in [0.15, 0.2) is 23.0 Å². The zero-order valence-electron chi connectivity index (χ0n) is 14.3. The molecule has 0 spiro atoms. The number of amides is 1. The number of unbranched alkanes of at least 4 members (excludes halogenated alkanes) is 1. The lowest BCUT2D eigenvalue weighted by atomic mass is 10.1. The minimum Gasteiger partial charge on any atom is -0.465 e. The molecule has 2 N–H and O–H groups in total. The average Bonchev–Trinajstić information content (AvgIpc) is 2.60. The molecule has 0 bridgehead atoms. The molecule has 0 aliphatic rings. The second-order valence-electron chi connectivity index (χ2n) is 5.59. The molecular weight excluding hydrogens is 342 g/mol. The number of benzene rings is 1. The Labute approximate surface area is 150 Å². The second kappa shape index (κ2) is 8.57. The number of H-pyrrole nitrogens is 1. The molecule has 1 heterocycles. The van der Waals surface area contributed by atoms with Crippen molar-refractivity contribution >= 4 is 35.0 Å². The molecule has 0 unspecified atom stereocenters. The number of rotatable bonds is 7. The van der Waals surface area contributed by atoms with Gasteiger partial charge < -0.3 is 15.0 Å². The number of nitrogens with one attached hydrogen (secondary N) is 2. The van der Waals surface area contributed by atoms with Crippen LogP contribution in [0.2, 0.25) is 0 Å². The van der Waals surface area contributed by atoms with Gasteiger partial charge >= 0.3 is 5.97 Å². The molecule has 0 radical (unpaired) electrons. The fourth-order valence-electron chi connectivity index (χ4n) is 2.41. The van der Waals surface area contributed by atoms with E-state index in [2.05, 4.69) is 15.0 Å². The summed E-state index contributed by atoms with van der Waals surface area (Å²) in [6, 6.07) is 4.60. The maximum atomic E-state index is 12.6. The lowest BCUT2D eigenvalue weighted by Crippen LogP contribution is -2.28. The Hall–Kier alpha value is -2.48. The normalized spacial score (nSPS) is 10.6. The highest BCUT2D eigenvalue weighted by molar-refractivity contribution is 7.71.